The summed E-state index contributed by atoms with van der Waals surface area (Å²) >= 11 is 0. The van der Waals surface area contributed by atoms with E-state index in [1.54, 1.807) is 0 Å². The molecule has 1 aromatic rings. The van der Waals surface area contributed by atoms with Crippen molar-refractivity contribution in [3.8, 4) is 5.75 Å². The van der Waals surface area contributed by atoms with Crippen LogP contribution in [-0.4, -0.2) is 12.6 Å². The summed E-state index contributed by atoms with van der Waals surface area (Å²) in [4.78, 5) is 0. The van der Waals surface area contributed by atoms with Gasteiger partial charge < -0.3 is 10.5 Å². The number of para-hydroxylation sites is 1. The molecule has 1 unspecified atom stereocenters. The molecule has 94 valence electrons. The normalized spacial score (nSPS) is 12.0. The molecule has 0 radical (unpaired) electrons. The van der Waals surface area contributed by atoms with Gasteiger partial charge in [0.15, 0.2) is 0 Å². The van der Waals surface area contributed by atoms with Gasteiger partial charge in [-0.2, -0.15) is 0 Å². The Balaban J connectivity index is 2.67. The van der Waals surface area contributed by atoms with Gasteiger partial charge >= 0.3 is 0 Å². The SMILES string of the molecule is CCC(N)Cc1ccccc1OCC=C(C)C. The highest BCUT2D eigenvalue weighted by molar-refractivity contribution is 5.34. The van der Waals surface area contributed by atoms with Gasteiger partial charge in [-0.15, -0.1) is 0 Å². The van der Waals surface area contributed by atoms with Crippen molar-refractivity contribution >= 4 is 0 Å². The standard InChI is InChI=1S/C15H23NO/c1-4-14(16)11-13-7-5-6-8-15(13)17-10-9-12(2)3/h5-9,14H,4,10-11,16H2,1-3H3. The van der Waals surface area contributed by atoms with Crippen molar-refractivity contribution in [2.45, 2.75) is 39.7 Å². The Morgan fingerprint density at radius 2 is 2.06 bits per heavy atom. The lowest BCUT2D eigenvalue weighted by Crippen LogP contribution is -2.21. The molecule has 0 amide bonds. The smallest absolute Gasteiger partial charge is 0.123 e. The zero-order valence-corrected chi connectivity index (χ0v) is 11.1. The van der Waals surface area contributed by atoms with Gasteiger partial charge in [-0.25, -0.2) is 0 Å². The average molecular weight is 233 g/mol. The lowest BCUT2D eigenvalue weighted by molar-refractivity contribution is 0.356. The summed E-state index contributed by atoms with van der Waals surface area (Å²) < 4.78 is 5.76. The molecule has 0 aromatic heterocycles. The van der Waals surface area contributed by atoms with Gasteiger partial charge in [0.05, 0.1) is 0 Å². The molecule has 2 N–H and O–H groups in total. The first kappa shape index (κ1) is 13.8. The second-order valence-electron chi connectivity index (χ2n) is 4.57. The maximum atomic E-state index is 5.98. The summed E-state index contributed by atoms with van der Waals surface area (Å²) in [5.74, 6) is 0.953. The lowest BCUT2D eigenvalue weighted by Gasteiger charge is -2.13. The summed E-state index contributed by atoms with van der Waals surface area (Å²) in [7, 11) is 0. The zero-order chi connectivity index (χ0) is 12.7. The van der Waals surface area contributed by atoms with Gasteiger partial charge in [-0.1, -0.05) is 30.7 Å². The molecule has 0 heterocycles. The second-order valence-corrected chi connectivity index (χ2v) is 4.57. The van der Waals surface area contributed by atoms with E-state index >= 15 is 0 Å². The van der Waals surface area contributed by atoms with Crippen LogP contribution in [0, 0.1) is 0 Å². The molecular formula is C15H23NO. The quantitative estimate of drug-likeness (QED) is 0.765. The molecule has 0 saturated carbocycles. The van der Waals surface area contributed by atoms with Gasteiger partial charge in [0.2, 0.25) is 0 Å². The summed E-state index contributed by atoms with van der Waals surface area (Å²) in [5, 5.41) is 0. The van der Waals surface area contributed by atoms with Crippen molar-refractivity contribution in [1.29, 1.82) is 0 Å². The Hall–Kier alpha value is -1.28. The maximum Gasteiger partial charge on any atom is 0.123 e. The van der Waals surface area contributed by atoms with E-state index < -0.39 is 0 Å². The second kappa shape index (κ2) is 7.13. The van der Waals surface area contributed by atoms with Crippen molar-refractivity contribution in [3.63, 3.8) is 0 Å². The van der Waals surface area contributed by atoms with Crippen LogP contribution in [0.5, 0.6) is 5.75 Å². The third-order valence-corrected chi connectivity index (χ3v) is 2.71. The van der Waals surface area contributed by atoms with E-state index in [2.05, 4.69) is 32.9 Å². The minimum Gasteiger partial charge on any atom is -0.489 e. The molecule has 0 aliphatic rings. The Morgan fingerprint density at radius 3 is 2.71 bits per heavy atom. The Kier molecular flexibility index (Phi) is 5.78. The summed E-state index contributed by atoms with van der Waals surface area (Å²) in [6, 6.07) is 8.34. The molecule has 0 spiro atoms. The van der Waals surface area contributed by atoms with E-state index in [0.29, 0.717) is 6.61 Å². The van der Waals surface area contributed by atoms with E-state index in [0.717, 1.165) is 18.6 Å². The van der Waals surface area contributed by atoms with Crippen LogP contribution in [0.1, 0.15) is 32.8 Å². The highest BCUT2D eigenvalue weighted by atomic mass is 16.5. The molecule has 0 aliphatic carbocycles. The molecule has 1 rings (SSSR count). The highest BCUT2D eigenvalue weighted by Gasteiger charge is 2.06. The summed E-state index contributed by atoms with van der Waals surface area (Å²) in [6.45, 7) is 6.88. The minimum atomic E-state index is 0.211. The summed E-state index contributed by atoms with van der Waals surface area (Å²) in [5.41, 5.74) is 8.45. The van der Waals surface area contributed by atoms with Crippen LogP contribution >= 0.6 is 0 Å². The molecule has 1 aromatic carbocycles. The van der Waals surface area contributed by atoms with Crippen LogP contribution in [0.15, 0.2) is 35.9 Å². The molecule has 0 aliphatic heterocycles. The number of nitrogens with two attached hydrogens (primary N) is 1. The predicted octanol–water partition coefficient (Wildman–Crippen LogP) is 3.31. The van der Waals surface area contributed by atoms with Crippen LogP contribution in [0.4, 0.5) is 0 Å². The van der Waals surface area contributed by atoms with Crippen molar-refractivity contribution in [2.24, 2.45) is 5.73 Å². The van der Waals surface area contributed by atoms with Crippen LogP contribution in [0.3, 0.4) is 0 Å². The number of rotatable bonds is 6. The van der Waals surface area contributed by atoms with Crippen molar-refractivity contribution in [2.75, 3.05) is 6.61 Å². The number of hydrogen-bond acceptors (Lipinski definition) is 2. The molecule has 17 heavy (non-hydrogen) atoms. The number of ether oxygens (including phenoxy) is 1. The first-order chi connectivity index (χ1) is 8.13. The zero-order valence-electron chi connectivity index (χ0n) is 11.1. The van der Waals surface area contributed by atoms with Crippen LogP contribution in [-0.2, 0) is 6.42 Å². The molecule has 0 saturated heterocycles. The molecule has 0 fully saturated rings. The van der Waals surface area contributed by atoms with E-state index in [1.807, 2.05) is 18.2 Å². The number of benzene rings is 1. The van der Waals surface area contributed by atoms with E-state index in [9.17, 15) is 0 Å². The largest absolute Gasteiger partial charge is 0.489 e. The Morgan fingerprint density at radius 1 is 1.35 bits per heavy atom. The van der Waals surface area contributed by atoms with Crippen molar-refractivity contribution in [1.82, 2.24) is 0 Å². The fraction of sp³-hybridized carbons (Fsp3) is 0.467. The molecular weight excluding hydrogens is 210 g/mol. The van der Waals surface area contributed by atoms with Gasteiger partial charge in [-0.3, -0.25) is 0 Å². The molecule has 1 atom stereocenters. The Bertz CT molecular complexity index is 367. The van der Waals surface area contributed by atoms with Crippen molar-refractivity contribution in [3.05, 3.63) is 41.5 Å². The highest BCUT2D eigenvalue weighted by Crippen LogP contribution is 2.19. The molecule has 2 nitrogen and oxygen atoms in total. The van der Waals surface area contributed by atoms with E-state index in [-0.39, 0.29) is 6.04 Å². The van der Waals surface area contributed by atoms with Gasteiger partial charge in [-0.05, 0) is 44.4 Å². The topological polar surface area (TPSA) is 35.2 Å². The fourth-order valence-electron chi connectivity index (χ4n) is 1.54. The van der Waals surface area contributed by atoms with E-state index in [4.69, 9.17) is 10.5 Å². The number of hydrogen-bond donors (Lipinski definition) is 1. The van der Waals surface area contributed by atoms with Crippen LogP contribution in [0.25, 0.3) is 0 Å². The first-order valence-corrected chi connectivity index (χ1v) is 6.23. The third-order valence-electron chi connectivity index (χ3n) is 2.71. The van der Waals surface area contributed by atoms with Gasteiger partial charge in [0.25, 0.3) is 0 Å². The Labute approximate surface area is 104 Å². The monoisotopic (exact) mass is 233 g/mol. The molecule has 2 heteroatoms. The van der Waals surface area contributed by atoms with Gasteiger partial charge in [0, 0.05) is 6.04 Å². The van der Waals surface area contributed by atoms with E-state index in [1.165, 1.54) is 11.1 Å². The molecule has 0 bridgehead atoms. The predicted molar refractivity (Wildman–Crippen MR) is 73.3 cm³/mol. The fourth-order valence-corrected chi connectivity index (χ4v) is 1.54. The van der Waals surface area contributed by atoms with Crippen molar-refractivity contribution < 1.29 is 4.74 Å². The number of allylic oxidation sites excluding steroid dienone is 1. The lowest BCUT2D eigenvalue weighted by atomic mass is 10.0. The minimum absolute atomic E-state index is 0.211. The average Bonchev–Trinajstić information content (AvgIpc) is 2.30. The summed E-state index contributed by atoms with van der Waals surface area (Å²) in [6.07, 6.45) is 3.94. The first-order valence-electron chi connectivity index (χ1n) is 6.23. The van der Waals surface area contributed by atoms with Gasteiger partial charge in [0.1, 0.15) is 12.4 Å². The van der Waals surface area contributed by atoms with Crippen LogP contribution < -0.4 is 10.5 Å². The van der Waals surface area contributed by atoms with Crippen LogP contribution in [0.2, 0.25) is 0 Å². The maximum absolute atomic E-state index is 5.98. The third kappa shape index (κ3) is 5.05.